The van der Waals surface area contributed by atoms with Gasteiger partial charge >= 0.3 is 0 Å². The standard InChI is InChI=1S/C16H22FN7S/c1-10-15(11(2)25-21-10)24-7-5-23(6-8-24)14-9-12(3-4-13(14)17)16(18)20-22-19/h3-4,9,22H,5-8,19H2,1-2H3,(H2,18,20). The molecule has 134 valence electrons. The number of anilines is 2. The largest absolute Gasteiger partial charge is 0.382 e. The number of nitrogens with one attached hydrogen (secondary N) is 1. The molecular formula is C16H22FN7S. The van der Waals surface area contributed by atoms with Crippen LogP contribution >= 0.6 is 11.5 Å². The van der Waals surface area contributed by atoms with E-state index in [4.69, 9.17) is 11.6 Å². The van der Waals surface area contributed by atoms with Crippen molar-refractivity contribution in [3.8, 4) is 0 Å². The average molecular weight is 363 g/mol. The second-order valence-corrected chi connectivity index (χ2v) is 6.92. The van der Waals surface area contributed by atoms with Gasteiger partial charge in [-0.05, 0) is 43.6 Å². The van der Waals surface area contributed by atoms with Crippen molar-refractivity contribution in [1.82, 2.24) is 9.91 Å². The van der Waals surface area contributed by atoms with E-state index in [9.17, 15) is 4.39 Å². The predicted octanol–water partition coefficient (Wildman–Crippen LogP) is 1.31. The summed E-state index contributed by atoms with van der Waals surface area (Å²) in [5, 5.41) is 3.74. The van der Waals surface area contributed by atoms with Crippen molar-refractivity contribution < 1.29 is 4.39 Å². The van der Waals surface area contributed by atoms with Crippen LogP contribution in [0.4, 0.5) is 15.8 Å². The van der Waals surface area contributed by atoms with Crippen molar-refractivity contribution in [3.63, 3.8) is 0 Å². The quantitative estimate of drug-likeness (QED) is 0.328. The molecule has 5 N–H and O–H groups in total. The van der Waals surface area contributed by atoms with Gasteiger partial charge in [0, 0.05) is 36.6 Å². The van der Waals surface area contributed by atoms with Crippen LogP contribution < -0.4 is 26.9 Å². The van der Waals surface area contributed by atoms with E-state index in [2.05, 4.69) is 26.8 Å². The topological polar surface area (TPSA) is 95.8 Å². The Morgan fingerprint density at radius 3 is 2.52 bits per heavy atom. The van der Waals surface area contributed by atoms with Crippen molar-refractivity contribution in [3.05, 3.63) is 40.2 Å². The summed E-state index contributed by atoms with van der Waals surface area (Å²) in [5.41, 5.74) is 11.4. The van der Waals surface area contributed by atoms with Crippen LogP contribution in [0.25, 0.3) is 0 Å². The van der Waals surface area contributed by atoms with E-state index in [0.29, 0.717) is 11.3 Å². The lowest BCUT2D eigenvalue weighted by Crippen LogP contribution is -2.47. The maximum absolute atomic E-state index is 14.3. The summed E-state index contributed by atoms with van der Waals surface area (Å²) in [7, 11) is 0. The number of hydrazine groups is 1. The zero-order chi connectivity index (χ0) is 18.0. The maximum Gasteiger partial charge on any atom is 0.152 e. The van der Waals surface area contributed by atoms with Gasteiger partial charge in [0.25, 0.3) is 0 Å². The molecule has 0 unspecified atom stereocenters. The molecule has 1 saturated heterocycles. The van der Waals surface area contributed by atoms with Crippen LogP contribution in [0.3, 0.4) is 0 Å². The first kappa shape index (κ1) is 17.4. The summed E-state index contributed by atoms with van der Waals surface area (Å²) in [6.07, 6.45) is 0. The van der Waals surface area contributed by atoms with Gasteiger partial charge in [0.15, 0.2) is 5.84 Å². The molecule has 1 aliphatic heterocycles. The van der Waals surface area contributed by atoms with E-state index in [1.54, 1.807) is 12.1 Å². The van der Waals surface area contributed by atoms with Gasteiger partial charge in [-0.25, -0.2) is 15.8 Å². The molecule has 0 amide bonds. The van der Waals surface area contributed by atoms with Crippen molar-refractivity contribution in [2.75, 3.05) is 36.0 Å². The fourth-order valence-corrected chi connectivity index (χ4v) is 3.87. The van der Waals surface area contributed by atoms with Gasteiger partial charge in [0.05, 0.1) is 17.1 Å². The van der Waals surface area contributed by atoms with Crippen molar-refractivity contribution in [2.24, 2.45) is 16.7 Å². The Morgan fingerprint density at radius 2 is 1.92 bits per heavy atom. The molecule has 1 fully saturated rings. The Balaban J connectivity index is 1.77. The van der Waals surface area contributed by atoms with Gasteiger partial charge in [-0.3, -0.25) is 0 Å². The number of amidine groups is 1. The monoisotopic (exact) mass is 363 g/mol. The molecule has 7 nitrogen and oxygen atoms in total. The second kappa shape index (κ2) is 7.24. The van der Waals surface area contributed by atoms with Crippen LogP contribution in [0.15, 0.2) is 23.3 Å². The molecule has 2 aromatic rings. The number of benzene rings is 1. The summed E-state index contributed by atoms with van der Waals surface area (Å²) in [6, 6.07) is 4.71. The lowest BCUT2D eigenvalue weighted by molar-refractivity contribution is 0.597. The first-order valence-electron chi connectivity index (χ1n) is 8.02. The molecule has 1 aromatic heterocycles. The number of hydrazone groups is 1. The molecule has 2 heterocycles. The number of halogens is 1. The second-order valence-electron chi connectivity index (χ2n) is 5.94. The molecule has 9 heteroatoms. The number of hydrogen-bond acceptors (Lipinski definition) is 7. The normalized spacial score (nSPS) is 15.6. The molecule has 0 spiro atoms. The number of aryl methyl sites for hydroxylation is 2. The minimum atomic E-state index is -0.268. The molecule has 25 heavy (non-hydrogen) atoms. The number of rotatable bonds is 4. The first-order valence-corrected chi connectivity index (χ1v) is 8.80. The van der Waals surface area contributed by atoms with Crippen LogP contribution in [0.1, 0.15) is 16.1 Å². The van der Waals surface area contributed by atoms with E-state index >= 15 is 0 Å². The fourth-order valence-electron chi connectivity index (χ4n) is 3.15. The molecule has 0 atom stereocenters. The summed E-state index contributed by atoms with van der Waals surface area (Å²) < 4.78 is 18.7. The summed E-state index contributed by atoms with van der Waals surface area (Å²) in [4.78, 5) is 5.57. The number of aromatic nitrogens is 1. The molecule has 3 rings (SSSR count). The van der Waals surface area contributed by atoms with E-state index in [-0.39, 0.29) is 11.7 Å². The van der Waals surface area contributed by atoms with Gasteiger partial charge in [0.2, 0.25) is 0 Å². The Bertz CT molecular complexity index is 761. The Labute approximate surface area is 150 Å². The zero-order valence-corrected chi connectivity index (χ0v) is 15.1. The van der Waals surface area contributed by atoms with Gasteiger partial charge < -0.3 is 15.5 Å². The van der Waals surface area contributed by atoms with Crippen molar-refractivity contribution >= 4 is 28.7 Å². The number of hydrogen-bond donors (Lipinski definition) is 3. The van der Waals surface area contributed by atoms with Crippen LogP contribution in [0.2, 0.25) is 0 Å². The minimum absolute atomic E-state index is 0.220. The molecule has 1 aliphatic rings. The third-order valence-electron chi connectivity index (χ3n) is 4.36. The Morgan fingerprint density at radius 1 is 1.24 bits per heavy atom. The first-order chi connectivity index (χ1) is 12.0. The van der Waals surface area contributed by atoms with Crippen LogP contribution in [0, 0.1) is 19.7 Å². The average Bonchev–Trinajstić information content (AvgIpc) is 2.94. The fraction of sp³-hybridized carbons (Fsp3) is 0.375. The lowest BCUT2D eigenvalue weighted by atomic mass is 10.1. The minimum Gasteiger partial charge on any atom is -0.382 e. The van der Waals surface area contributed by atoms with Crippen LogP contribution in [-0.4, -0.2) is 36.4 Å². The third-order valence-corrected chi connectivity index (χ3v) is 5.19. The van der Waals surface area contributed by atoms with E-state index in [1.807, 2.05) is 11.8 Å². The number of nitrogens with two attached hydrogens (primary N) is 2. The Kier molecular flexibility index (Phi) is 5.05. The number of piperazine rings is 1. The molecule has 1 aromatic carbocycles. The molecule has 0 aliphatic carbocycles. The lowest BCUT2D eigenvalue weighted by Gasteiger charge is -2.37. The number of nitrogens with zero attached hydrogens (tertiary/aromatic N) is 4. The van der Waals surface area contributed by atoms with Crippen molar-refractivity contribution in [1.29, 1.82) is 0 Å². The highest BCUT2D eigenvalue weighted by molar-refractivity contribution is 7.06. The van der Waals surface area contributed by atoms with E-state index in [1.165, 1.54) is 28.2 Å². The van der Waals surface area contributed by atoms with Gasteiger partial charge in [0.1, 0.15) is 5.82 Å². The highest BCUT2D eigenvalue weighted by atomic mass is 32.1. The van der Waals surface area contributed by atoms with Crippen molar-refractivity contribution in [2.45, 2.75) is 13.8 Å². The zero-order valence-electron chi connectivity index (χ0n) is 14.3. The molecule has 0 radical (unpaired) electrons. The predicted molar refractivity (Wildman–Crippen MR) is 100 cm³/mol. The molecule has 0 bridgehead atoms. The van der Waals surface area contributed by atoms with E-state index in [0.717, 1.165) is 31.9 Å². The smallest absolute Gasteiger partial charge is 0.152 e. The summed E-state index contributed by atoms with van der Waals surface area (Å²) >= 11 is 1.53. The van der Waals surface area contributed by atoms with Crippen LogP contribution in [0.5, 0.6) is 0 Å². The summed E-state index contributed by atoms with van der Waals surface area (Å²) in [5.74, 6) is 5.10. The summed E-state index contributed by atoms with van der Waals surface area (Å²) in [6.45, 7) is 7.20. The maximum atomic E-state index is 14.3. The van der Waals surface area contributed by atoms with Gasteiger partial charge in [-0.2, -0.15) is 4.37 Å². The SMILES string of the molecule is Cc1nsc(C)c1N1CCN(c2cc(/C(N)=N/NN)ccc2F)CC1. The van der Waals surface area contributed by atoms with Crippen LogP contribution in [-0.2, 0) is 0 Å². The van der Waals surface area contributed by atoms with Gasteiger partial charge in [-0.1, -0.05) is 0 Å². The molecular weight excluding hydrogens is 341 g/mol. The van der Waals surface area contributed by atoms with Gasteiger partial charge in [-0.15, -0.1) is 5.10 Å². The molecule has 0 saturated carbocycles. The Hall–Kier alpha value is -2.39. The third kappa shape index (κ3) is 3.52. The van der Waals surface area contributed by atoms with E-state index < -0.39 is 0 Å². The highest BCUT2D eigenvalue weighted by Gasteiger charge is 2.23. The highest BCUT2D eigenvalue weighted by Crippen LogP contribution is 2.30.